The van der Waals surface area contributed by atoms with E-state index in [0.29, 0.717) is 30.0 Å². The predicted molar refractivity (Wildman–Crippen MR) is 139 cm³/mol. The second-order valence-corrected chi connectivity index (χ2v) is 10.00. The number of allylic oxidation sites excluding steroid dienone is 1. The Hall–Kier alpha value is -2.92. The maximum atomic E-state index is 13.5. The quantitative estimate of drug-likeness (QED) is 0.462. The fraction of sp³-hybridized carbons (Fsp3) is 0.300. The molecule has 0 amide bonds. The van der Waals surface area contributed by atoms with E-state index >= 15 is 0 Å². The highest BCUT2D eigenvalue weighted by molar-refractivity contribution is 6.30. The van der Waals surface area contributed by atoms with E-state index in [9.17, 15) is 9.90 Å². The molecule has 2 aliphatic rings. The second kappa shape index (κ2) is 10.8. The molecule has 5 rings (SSSR count). The molecular weight excluding hydrogens is 458 g/mol. The number of hydrogen-bond acceptors (Lipinski definition) is 4. The van der Waals surface area contributed by atoms with E-state index in [1.54, 1.807) is 18.4 Å². The number of halogens is 1. The van der Waals surface area contributed by atoms with Gasteiger partial charge in [-0.05, 0) is 41.7 Å². The van der Waals surface area contributed by atoms with Crippen molar-refractivity contribution in [3.8, 4) is 0 Å². The Bertz CT molecular complexity index is 1120. The van der Waals surface area contributed by atoms with Gasteiger partial charge in [-0.25, -0.2) is 0 Å². The number of aliphatic hydroxyl groups is 1. The van der Waals surface area contributed by atoms with E-state index in [1.807, 2.05) is 48.5 Å². The zero-order valence-electron chi connectivity index (χ0n) is 19.6. The van der Waals surface area contributed by atoms with Crippen LogP contribution >= 0.6 is 11.6 Å². The van der Waals surface area contributed by atoms with Crippen molar-refractivity contribution in [1.29, 1.82) is 0 Å². The van der Waals surface area contributed by atoms with Gasteiger partial charge in [-0.15, -0.1) is 0 Å². The van der Waals surface area contributed by atoms with Crippen LogP contribution in [0.5, 0.6) is 0 Å². The second-order valence-electron chi connectivity index (χ2n) is 9.56. The number of nitrogens with zero attached hydrogens (tertiary/aromatic N) is 1. The van der Waals surface area contributed by atoms with Crippen molar-refractivity contribution in [2.24, 2.45) is 11.8 Å². The fourth-order valence-corrected chi connectivity index (χ4v) is 5.48. The molecule has 0 aromatic heterocycles. The lowest BCUT2D eigenvalue weighted by molar-refractivity contribution is -0.133. The first-order valence-corrected chi connectivity index (χ1v) is 12.6. The molecule has 1 N–H and O–H groups in total. The third-order valence-corrected chi connectivity index (χ3v) is 7.41. The molecule has 3 aromatic carbocycles. The predicted octanol–water partition coefficient (Wildman–Crippen LogP) is 5.74. The van der Waals surface area contributed by atoms with Gasteiger partial charge in [0.05, 0.1) is 23.9 Å². The van der Waals surface area contributed by atoms with E-state index < -0.39 is 6.10 Å². The van der Waals surface area contributed by atoms with Crippen LogP contribution in [-0.4, -0.2) is 34.5 Å². The zero-order chi connectivity index (χ0) is 24.2. The summed E-state index contributed by atoms with van der Waals surface area (Å²) >= 11 is 6.03. The van der Waals surface area contributed by atoms with E-state index in [2.05, 4.69) is 29.2 Å². The maximum absolute atomic E-state index is 13.5. The highest BCUT2D eigenvalue weighted by atomic mass is 35.5. The number of Topliss-reactive ketones (excluding diaryl/α,β-unsaturated/α-hetero) is 1. The first-order valence-electron chi connectivity index (χ1n) is 12.2. The van der Waals surface area contributed by atoms with Crippen molar-refractivity contribution >= 4 is 23.0 Å². The molecule has 180 valence electrons. The van der Waals surface area contributed by atoms with Crippen LogP contribution in [0.3, 0.4) is 0 Å². The first-order chi connectivity index (χ1) is 17.1. The molecule has 3 aromatic rings. The Morgan fingerprint density at radius 1 is 0.857 bits per heavy atom. The van der Waals surface area contributed by atoms with Crippen LogP contribution in [0.1, 0.15) is 29.5 Å². The van der Waals surface area contributed by atoms with E-state index in [0.717, 1.165) is 18.7 Å². The van der Waals surface area contributed by atoms with E-state index in [4.69, 9.17) is 16.3 Å². The lowest BCUT2D eigenvalue weighted by atomic mass is 9.72. The minimum atomic E-state index is -0.511. The summed E-state index contributed by atoms with van der Waals surface area (Å²) in [4.78, 5) is 15.8. The number of hydrogen-bond donors (Lipinski definition) is 1. The number of carbonyl (C=O) groups is 1. The lowest BCUT2D eigenvalue weighted by Gasteiger charge is -2.43. The monoisotopic (exact) mass is 487 g/mol. The average molecular weight is 488 g/mol. The summed E-state index contributed by atoms with van der Waals surface area (Å²) in [6.07, 6.45) is 1.97. The minimum Gasteiger partial charge on any atom is -0.496 e. The van der Waals surface area contributed by atoms with Gasteiger partial charge in [0.2, 0.25) is 0 Å². The molecule has 1 saturated carbocycles. The molecule has 1 aliphatic heterocycles. The van der Waals surface area contributed by atoms with Gasteiger partial charge in [0.15, 0.2) is 5.78 Å². The van der Waals surface area contributed by atoms with Crippen LogP contribution < -0.4 is 0 Å². The van der Waals surface area contributed by atoms with Crippen LogP contribution in [0.2, 0.25) is 5.02 Å². The molecule has 35 heavy (non-hydrogen) atoms. The van der Waals surface area contributed by atoms with Gasteiger partial charge in [0.1, 0.15) is 6.10 Å². The standard InChI is InChI=1S/C30H30ClNO3/c31-24-13-11-23(12-14-24)27-20-35-30-25(29(27)34)15-16-28(33)26(30)19-32(17-21-7-3-1-4-8-21)18-22-9-5-2-6-10-22/h1-14,20,25-26,28,30,33H,15-19H2. The molecule has 1 heterocycles. The molecule has 4 unspecified atom stereocenters. The largest absolute Gasteiger partial charge is 0.496 e. The van der Waals surface area contributed by atoms with E-state index in [-0.39, 0.29) is 23.7 Å². The average Bonchev–Trinajstić information content (AvgIpc) is 2.88. The number of rotatable bonds is 7. The molecule has 0 spiro atoms. The van der Waals surface area contributed by atoms with Gasteiger partial charge < -0.3 is 9.84 Å². The summed E-state index contributed by atoms with van der Waals surface area (Å²) in [5.41, 5.74) is 3.84. The highest BCUT2D eigenvalue weighted by Crippen LogP contribution is 2.40. The van der Waals surface area contributed by atoms with E-state index in [1.165, 1.54) is 11.1 Å². The zero-order valence-corrected chi connectivity index (χ0v) is 20.4. The molecule has 4 atom stereocenters. The minimum absolute atomic E-state index is 0.0955. The Morgan fingerprint density at radius 2 is 1.46 bits per heavy atom. The van der Waals surface area contributed by atoms with Crippen molar-refractivity contribution in [3.63, 3.8) is 0 Å². The third-order valence-electron chi connectivity index (χ3n) is 7.15. The maximum Gasteiger partial charge on any atom is 0.173 e. The number of carbonyl (C=O) groups excluding carboxylic acids is 1. The third kappa shape index (κ3) is 5.51. The van der Waals surface area contributed by atoms with Gasteiger partial charge >= 0.3 is 0 Å². The van der Waals surface area contributed by atoms with Gasteiger partial charge in [-0.1, -0.05) is 84.4 Å². The van der Waals surface area contributed by atoms with Crippen molar-refractivity contribution in [2.45, 2.75) is 38.1 Å². The summed E-state index contributed by atoms with van der Waals surface area (Å²) in [7, 11) is 0. The summed E-state index contributed by atoms with van der Waals surface area (Å²) in [5.74, 6) is -0.319. The Labute approximate surface area is 211 Å². The lowest BCUT2D eigenvalue weighted by Crippen LogP contribution is -2.51. The highest BCUT2D eigenvalue weighted by Gasteiger charge is 2.46. The molecule has 1 aliphatic carbocycles. The van der Waals surface area contributed by atoms with Crippen molar-refractivity contribution in [1.82, 2.24) is 4.90 Å². The van der Waals surface area contributed by atoms with Crippen molar-refractivity contribution in [3.05, 3.63) is 113 Å². The summed E-state index contributed by atoms with van der Waals surface area (Å²) in [5, 5.41) is 11.7. The Morgan fingerprint density at radius 3 is 2.06 bits per heavy atom. The Kier molecular flexibility index (Phi) is 7.33. The van der Waals surface area contributed by atoms with Crippen LogP contribution in [0.4, 0.5) is 0 Å². The topological polar surface area (TPSA) is 49.8 Å². The van der Waals surface area contributed by atoms with Gasteiger partial charge in [0, 0.05) is 30.6 Å². The summed E-state index contributed by atoms with van der Waals surface area (Å²) in [6.45, 7) is 2.16. The SMILES string of the molecule is O=C1C(c2ccc(Cl)cc2)=COC2C1CCC(O)C2CN(Cc1ccccc1)Cc1ccccc1. The van der Waals surface area contributed by atoms with Gasteiger partial charge in [0.25, 0.3) is 0 Å². The van der Waals surface area contributed by atoms with Crippen LogP contribution in [0, 0.1) is 11.8 Å². The van der Waals surface area contributed by atoms with Crippen LogP contribution in [0.15, 0.2) is 91.2 Å². The fourth-order valence-electron chi connectivity index (χ4n) is 5.36. The molecule has 0 bridgehead atoms. The number of benzene rings is 3. The van der Waals surface area contributed by atoms with Crippen molar-refractivity contribution < 1.29 is 14.6 Å². The number of aliphatic hydroxyl groups excluding tert-OH is 1. The van der Waals surface area contributed by atoms with Gasteiger partial charge in [-0.3, -0.25) is 9.69 Å². The molecule has 0 saturated heterocycles. The smallest absolute Gasteiger partial charge is 0.173 e. The molecular formula is C30H30ClNO3. The molecule has 4 nitrogen and oxygen atoms in total. The van der Waals surface area contributed by atoms with Crippen LogP contribution in [-0.2, 0) is 22.6 Å². The number of ketones is 1. The Balaban J connectivity index is 1.38. The molecule has 5 heteroatoms. The number of ether oxygens (including phenoxy) is 1. The first kappa shape index (κ1) is 23.8. The summed E-state index contributed by atoms with van der Waals surface area (Å²) < 4.78 is 6.23. The molecule has 0 radical (unpaired) electrons. The van der Waals surface area contributed by atoms with Crippen LogP contribution in [0.25, 0.3) is 5.57 Å². The molecule has 1 fully saturated rings. The summed E-state index contributed by atoms with van der Waals surface area (Å²) in [6, 6.07) is 28.0. The normalized spacial score (nSPS) is 24.0. The van der Waals surface area contributed by atoms with Gasteiger partial charge in [-0.2, -0.15) is 0 Å². The number of fused-ring (bicyclic) bond motifs is 1. The van der Waals surface area contributed by atoms with Crippen molar-refractivity contribution in [2.75, 3.05) is 6.54 Å².